The number of nitrogens with zero attached hydrogens (tertiary/aromatic N) is 1. The lowest BCUT2D eigenvalue weighted by molar-refractivity contribution is -0.126. The summed E-state index contributed by atoms with van der Waals surface area (Å²) in [6.07, 6.45) is 0. The maximum absolute atomic E-state index is 11.4. The van der Waals surface area contributed by atoms with E-state index in [1.54, 1.807) is 6.92 Å². The molecule has 0 spiro atoms. The fraction of sp³-hybridized carbons (Fsp3) is 0.857. The molecule has 0 saturated carbocycles. The summed E-state index contributed by atoms with van der Waals surface area (Å²) in [5.74, 6) is -0.489. The van der Waals surface area contributed by atoms with Crippen LogP contribution in [0.3, 0.4) is 0 Å². The topological polar surface area (TPSA) is 54.5 Å². The van der Waals surface area contributed by atoms with Gasteiger partial charge in [0.25, 0.3) is 10.0 Å². The van der Waals surface area contributed by atoms with Crippen LogP contribution in [0.1, 0.15) is 13.8 Å². The third-order valence-corrected chi connectivity index (χ3v) is 4.52. The lowest BCUT2D eigenvalue weighted by atomic mass is 10.0. The van der Waals surface area contributed by atoms with Crippen LogP contribution in [0, 0.1) is 11.8 Å². The van der Waals surface area contributed by atoms with Gasteiger partial charge < -0.3 is 0 Å². The van der Waals surface area contributed by atoms with E-state index in [2.05, 4.69) is 0 Å². The molecule has 1 aliphatic heterocycles. The van der Waals surface area contributed by atoms with Gasteiger partial charge in [0.1, 0.15) is 5.21 Å². The Kier molecular flexibility index (Phi) is 2.87. The van der Waals surface area contributed by atoms with E-state index in [1.807, 2.05) is 6.92 Å². The van der Waals surface area contributed by atoms with Crippen LogP contribution in [0.5, 0.6) is 0 Å². The molecule has 1 heterocycles. The molecule has 1 aliphatic rings. The van der Waals surface area contributed by atoms with E-state index in [9.17, 15) is 13.2 Å². The molecule has 6 heteroatoms. The Labute approximate surface area is 82.9 Å². The van der Waals surface area contributed by atoms with Gasteiger partial charge in [-0.2, -0.15) is 0 Å². The van der Waals surface area contributed by atoms with E-state index >= 15 is 0 Å². The molecule has 0 radical (unpaired) electrons. The Morgan fingerprint density at radius 1 is 1.54 bits per heavy atom. The predicted molar refractivity (Wildman–Crippen MR) is 49.7 cm³/mol. The van der Waals surface area contributed by atoms with Crippen molar-refractivity contribution in [2.45, 2.75) is 13.8 Å². The minimum absolute atomic E-state index is 0.0745. The molecule has 0 aliphatic carbocycles. The molecule has 0 bridgehead atoms. The fourth-order valence-electron chi connectivity index (χ4n) is 1.29. The highest BCUT2D eigenvalue weighted by Gasteiger charge is 2.40. The lowest BCUT2D eigenvalue weighted by Crippen LogP contribution is -2.34. The molecule has 0 N–H and O–H groups in total. The van der Waals surface area contributed by atoms with E-state index in [4.69, 9.17) is 11.6 Å². The van der Waals surface area contributed by atoms with Gasteiger partial charge in [-0.25, -0.2) is 12.7 Å². The monoisotopic (exact) mass is 225 g/mol. The number of sulfonamides is 1. The van der Waals surface area contributed by atoms with Gasteiger partial charge in [-0.3, -0.25) is 4.79 Å². The van der Waals surface area contributed by atoms with E-state index in [1.165, 1.54) is 0 Å². The zero-order valence-corrected chi connectivity index (χ0v) is 9.10. The molecular weight excluding hydrogens is 214 g/mol. The predicted octanol–water partition coefficient (Wildman–Crippen LogP) is 0.627. The number of hydrogen-bond acceptors (Lipinski definition) is 3. The van der Waals surface area contributed by atoms with Crippen molar-refractivity contribution < 1.29 is 13.2 Å². The second-order valence-corrected chi connectivity index (χ2v) is 5.83. The van der Waals surface area contributed by atoms with Crippen molar-refractivity contribution in [3.63, 3.8) is 0 Å². The zero-order chi connectivity index (χ0) is 10.2. The molecule has 76 valence electrons. The first-order chi connectivity index (χ1) is 5.90. The van der Waals surface area contributed by atoms with Crippen molar-refractivity contribution in [2.24, 2.45) is 11.8 Å². The normalized spacial score (nSPS) is 29.8. The van der Waals surface area contributed by atoms with Gasteiger partial charge >= 0.3 is 0 Å². The summed E-state index contributed by atoms with van der Waals surface area (Å²) in [5, 5.41) is -0.530. The van der Waals surface area contributed by atoms with Gasteiger partial charge in [-0.15, -0.1) is 11.6 Å². The molecule has 0 aromatic carbocycles. The molecular formula is C7H12ClNO3S. The van der Waals surface area contributed by atoms with Crippen molar-refractivity contribution in [3.05, 3.63) is 0 Å². The first-order valence-corrected chi connectivity index (χ1v) is 6.14. The summed E-state index contributed by atoms with van der Waals surface area (Å²) >= 11 is 5.25. The Hall–Kier alpha value is -0.290. The van der Waals surface area contributed by atoms with Crippen LogP contribution in [0.2, 0.25) is 0 Å². The minimum Gasteiger partial charge on any atom is -0.273 e. The Bertz CT molecular complexity index is 314. The number of alkyl halides is 1. The van der Waals surface area contributed by atoms with E-state index < -0.39 is 15.2 Å². The first-order valence-electron chi connectivity index (χ1n) is 4.00. The quantitative estimate of drug-likeness (QED) is 0.648. The summed E-state index contributed by atoms with van der Waals surface area (Å²) in [7, 11) is -3.56. The number of carbonyl (C=O) groups is 1. The van der Waals surface area contributed by atoms with Crippen molar-refractivity contribution in [2.75, 3.05) is 11.8 Å². The molecule has 0 aromatic rings. The molecule has 1 saturated heterocycles. The number of rotatable bonds is 2. The highest BCUT2D eigenvalue weighted by atomic mass is 35.5. The molecule has 4 nitrogen and oxygen atoms in total. The van der Waals surface area contributed by atoms with Gasteiger partial charge in [0.05, 0.1) is 0 Å². The summed E-state index contributed by atoms with van der Waals surface area (Å²) < 4.78 is 23.4. The van der Waals surface area contributed by atoms with Crippen LogP contribution in [0.4, 0.5) is 0 Å². The Balaban J connectivity index is 2.93. The van der Waals surface area contributed by atoms with Crippen LogP contribution < -0.4 is 0 Å². The number of carbonyl (C=O) groups excluding carboxylic acids is 1. The zero-order valence-electron chi connectivity index (χ0n) is 7.53. The molecule has 1 fully saturated rings. The second kappa shape index (κ2) is 3.46. The summed E-state index contributed by atoms with van der Waals surface area (Å²) in [4.78, 5) is 11.4. The van der Waals surface area contributed by atoms with Crippen molar-refractivity contribution in [1.29, 1.82) is 0 Å². The van der Waals surface area contributed by atoms with Crippen LogP contribution in [0.15, 0.2) is 0 Å². The molecule has 1 amide bonds. The van der Waals surface area contributed by atoms with Crippen molar-refractivity contribution >= 4 is 27.5 Å². The third-order valence-electron chi connectivity index (χ3n) is 2.42. The second-order valence-electron chi connectivity index (χ2n) is 3.36. The maximum atomic E-state index is 11.4. The van der Waals surface area contributed by atoms with Gasteiger partial charge in [0.2, 0.25) is 5.91 Å². The number of amides is 1. The Morgan fingerprint density at radius 3 is 2.38 bits per heavy atom. The highest BCUT2D eigenvalue weighted by molar-refractivity contribution is 7.90. The standard InChI is InChI=1S/C7H12ClNO3S/c1-5-3-9(7(10)6(5)2)13(11,12)4-8/h5-6H,3-4H2,1-2H3. The third kappa shape index (κ3) is 1.81. The smallest absolute Gasteiger partial charge is 0.251 e. The van der Waals surface area contributed by atoms with Gasteiger partial charge in [-0.05, 0) is 5.92 Å². The van der Waals surface area contributed by atoms with Crippen LogP contribution in [-0.4, -0.2) is 30.4 Å². The molecule has 1 rings (SSSR count). The highest BCUT2D eigenvalue weighted by Crippen LogP contribution is 2.26. The molecule has 2 unspecified atom stereocenters. The molecule has 0 aromatic heterocycles. The minimum atomic E-state index is -3.56. The van der Waals surface area contributed by atoms with Gasteiger partial charge in [0.15, 0.2) is 0 Å². The van der Waals surface area contributed by atoms with Crippen molar-refractivity contribution in [3.8, 4) is 0 Å². The van der Waals surface area contributed by atoms with E-state index in [0.717, 1.165) is 4.31 Å². The fourth-order valence-corrected chi connectivity index (χ4v) is 2.66. The van der Waals surface area contributed by atoms with Crippen LogP contribution in [0.25, 0.3) is 0 Å². The SMILES string of the molecule is CC1CN(S(=O)(=O)CCl)C(=O)C1C. The lowest BCUT2D eigenvalue weighted by Gasteiger charge is -2.13. The summed E-state index contributed by atoms with van der Waals surface area (Å²) in [6.45, 7) is 3.85. The average molecular weight is 226 g/mol. The van der Waals surface area contributed by atoms with Gasteiger partial charge in [-0.1, -0.05) is 13.8 Å². The summed E-state index contributed by atoms with van der Waals surface area (Å²) in [6, 6.07) is 0. The maximum Gasteiger partial charge on any atom is 0.251 e. The number of halogens is 1. The average Bonchev–Trinajstić information content (AvgIpc) is 2.33. The molecule has 2 atom stereocenters. The number of hydrogen-bond donors (Lipinski definition) is 0. The Morgan fingerprint density at radius 2 is 2.08 bits per heavy atom. The van der Waals surface area contributed by atoms with Crippen LogP contribution in [-0.2, 0) is 14.8 Å². The van der Waals surface area contributed by atoms with Crippen molar-refractivity contribution in [1.82, 2.24) is 4.31 Å². The molecule has 13 heavy (non-hydrogen) atoms. The largest absolute Gasteiger partial charge is 0.273 e. The van der Waals surface area contributed by atoms with Gasteiger partial charge in [0, 0.05) is 12.5 Å². The van der Waals surface area contributed by atoms with Crippen LogP contribution >= 0.6 is 11.6 Å². The first kappa shape index (κ1) is 10.8. The summed E-state index contributed by atoms with van der Waals surface area (Å²) in [5.41, 5.74) is 0. The van der Waals surface area contributed by atoms with E-state index in [0.29, 0.717) is 0 Å². The van der Waals surface area contributed by atoms with E-state index in [-0.39, 0.29) is 24.3 Å².